The second kappa shape index (κ2) is 6.36. The van der Waals surface area contributed by atoms with Crippen LogP contribution < -0.4 is 5.11 Å². The third-order valence-corrected chi connectivity index (χ3v) is 4.81. The molecule has 128 valence electrons. The van der Waals surface area contributed by atoms with Gasteiger partial charge in [-0.25, -0.2) is 0 Å². The predicted octanol–water partition coefficient (Wildman–Crippen LogP) is 1.22. The maximum atomic E-state index is 12.5. The number of carbonyl (C=O) groups is 1. The van der Waals surface area contributed by atoms with E-state index >= 15 is 0 Å². The summed E-state index contributed by atoms with van der Waals surface area (Å²) in [6.07, 6.45) is -6.30. The molecular formula is C13H13F3NO5S-. The highest BCUT2D eigenvalue weighted by Gasteiger charge is 2.31. The first-order valence-corrected chi connectivity index (χ1v) is 8.07. The highest BCUT2D eigenvalue weighted by atomic mass is 32.2. The third-order valence-electron chi connectivity index (χ3n) is 3.43. The van der Waals surface area contributed by atoms with Crippen molar-refractivity contribution in [3.05, 3.63) is 29.8 Å². The van der Waals surface area contributed by atoms with Gasteiger partial charge in [0, 0.05) is 13.1 Å². The van der Waals surface area contributed by atoms with E-state index in [0.29, 0.717) is 12.1 Å². The van der Waals surface area contributed by atoms with Crippen LogP contribution in [-0.4, -0.2) is 38.6 Å². The number of amides is 1. The van der Waals surface area contributed by atoms with E-state index in [9.17, 15) is 31.5 Å². The van der Waals surface area contributed by atoms with Crippen molar-refractivity contribution in [3.63, 3.8) is 0 Å². The van der Waals surface area contributed by atoms with Gasteiger partial charge in [0.25, 0.3) is 10.1 Å². The molecule has 0 radical (unpaired) electrons. The maximum Gasteiger partial charge on any atom is 0.416 e. The molecule has 1 heterocycles. The number of rotatable bonds is 3. The smallest absolute Gasteiger partial charge is 0.416 e. The molecule has 0 saturated carbocycles. The second-order valence-corrected chi connectivity index (χ2v) is 6.60. The molecule has 10 heteroatoms. The molecule has 0 aromatic heterocycles. The van der Waals surface area contributed by atoms with Crippen LogP contribution in [0.25, 0.3) is 0 Å². The fourth-order valence-electron chi connectivity index (χ4n) is 2.18. The average Bonchev–Trinajstić information content (AvgIpc) is 2.46. The molecule has 1 aromatic carbocycles. The Balaban J connectivity index is 2.04. The Morgan fingerprint density at radius 1 is 1.17 bits per heavy atom. The van der Waals surface area contributed by atoms with Gasteiger partial charge in [-0.05, 0) is 37.1 Å². The van der Waals surface area contributed by atoms with Crippen molar-refractivity contribution in [1.29, 1.82) is 0 Å². The first-order valence-electron chi connectivity index (χ1n) is 6.66. The van der Waals surface area contributed by atoms with Gasteiger partial charge in [0.1, 0.15) is 6.09 Å². The first kappa shape index (κ1) is 17.5. The van der Waals surface area contributed by atoms with Gasteiger partial charge in [-0.15, -0.1) is 0 Å². The van der Waals surface area contributed by atoms with Crippen LogP contribution in [0.3, 0.4) is 0 Å². The molecule has 0 N–H and O–H groups in total. The van der Waals surface area contributed by atoms with E-state index in [0.717, 1.165) is 17.0 Å². The lowest BCUT2D eigenvalue weighted by atomic mass is 10.1. The second-order valence-electron chi connectivity index (χ2n) is 5.02. The number of halogens is 3. The fraction of sp³-hybridized carbons (Fsp3) is 0.462. The minimum atomic E-state index is -4.55. The van der Waals surface area contributed by atoms with Gasteiger partial charge < -0.3 is 14.8 Å². The topological polar surface area (TPSA) is 86.7 Å². The van der Waals surface area contributed by atoms with Gasteiger partial charge in [0.2, 0.25) is 0 Å². The van der Waals surface area contributed by atoms with Gasteiger partial charge in [-0.2, -0.15) is 21.6 Å². The maximum absolute atomic E-state index is 12.5. The van der Waals surface area contributed by atoms with Crippen molar-refractivity contribution in [2.75, 3.05) is 13.1 Å². The summed E-state index contributed by atoms with van der Waals surface area (Å²) in [5, 5.41) is 10.6. The average molecular weight is 352 g/mol. The molecule has 1 aliphatic rings. The van der Waals surface area contributed by atoms with Crippen molar-refractivity contribution >= 4 is 16.2 Å². The van der Waals surface area contributed by atoms with Gasteiger partial charge in [-0.1, -0.05) is 0 Å². The van der Waals surface area contributed by atoms with Crippen LogP contribution in [0.1, 0.15) is 18.4 Å². The Labute approximate surface area is 130 Å². The van der Waals surface area contributed by atoms with Gasteiger partial charge >= 0.3 is 6.18 Å². The van der Waals surface area contributed by atoms with Crippen LogP contribution in [0.5, 0.6) is 0 Å². The molecule has 6 nitrogen and oxygen atoms in total. The molecule has 1 saturated heterocycles. The molecule has 23 heavy (non-hydrogen) atoms. The van der Waals surface area contributed by atoms with E-state index in [-0.39, 0.29) is 30.8 Å². The number of nitrogens with zero attached hydrogens (tertiary/aromatic N) is 1. The van der Waals surface area contributed by atoms with Crippen molar-refractivity contribution in [2.24, 2.45) is 0 Å². The highest BCUT2D eigenvalue weighted by Crippen LogP contribution is 2.30. The summed E-state index contributed by atoms with van der Waals surface area (Å²) in [6.45, 7) is 0.158. The Bertz CT molecular complexity index is 664. The molecule has 0 atom stereocenters. The number of benzene rings is 1. The van der Waals surface area contributed by atoms with E-state index in [4.69, 9.17) is 4.18 Å². The van der Waals surface area contributed by atoms with Crippen LogP contribution in [0.4, 0.5) is 18.0 Å². The van der Waals surface area contributed by atoms with Crippen LogP contribution in [-0.2, 0) is 20.5 Å². The summed E-state index contributed by atoms with van der Waals surface area (Å²) in [5.41, 5.74) is -0.960. The van der Waals surface area contributed by atoms with Crippen molar-refractivity contribution < 1.29 is 35.7 Å². The van der Waals surface area contributed by atoms with E-state index in [1.807, 2.05) is 0 Å². The van der Waals surface area contributed by atoms with Crippen LogP contribution in [0, 0.1) is 0 Å². The number of hydrogen-bond acceptors (Lipinski definition) is 5. The number of piperidine rings is 1. The number of carbonyl (C=O) groups excluding carboxylic acids is 1. The lowest BCUT2D eigenvalue weighted by molar-refractivity contribution is -0.266. The van der Waals surface area contributed by atoms with Gasteiger partial charge in [0.15, 0.2) is 0 Å². The van der Waals surface area contributed by atoms with Crippen molar-refractivity contribution in [2.45, 2.75) is 30.0 Å². The number of alkyl halides is 3. The lowest BCUT2D eigenvalue weighted by Gasteiger charge is -2.33. The van der Waals surface area contributed by atoms with Crippen LogP contribution in [0.15, 0.2) is 29.2 Å². The molecule has 2 rings (SSSR count). The fourth-order valence-corrected chi connectivity index (χ4v) is 3.31. The van der Waals surface area contributed by atoms with E-state index < -0.39 is 34.1 Å². The van der Waals surface area contributed by atoms with Gasteiger partial charge in [0.05, 0.1) is 16.6 Å². The summed E-state index contributed by atoms with van der Waals surface area (Å²) in [6, 6.07) is 2.98. The summed E-state index contributed by atoms with van der Waals surface area (Å²) >= 11 is 0. The normalized spacial score (nSPS) is 17.3. The summed E-state index contributed by atoms with van der Waals surface area (Å²) < 4.78 is 66.4. The molecule has 0 bridgehead atoms. The molecule has 1 aromatic rings. The van der Waals surface area contributed by atoms with E-state index in [2.05, 4.69) is 0 Å². The molecule has 0 aliphatic carbocycles. The number of likely N-dealkylation sites (tertiary alicyclic amines) is 1. The SMILES string of the molecule is O=C([O-])N1CCC(OS(=O)(=O)c2ccc(C(F)(F)F)cc2)CC1. The molecule has 0 unspecified atom stereocenters. The quantitative estimate of drug-likeness (QED) is 0.764. The van der Waals surface area contributed by atoms with Crippen molar-refractivity contribution in [3.8, 4) is 0 Å². The lowest BCUT2D eigenvalue weighted by Crippen LogP contribution is -2.47. The van der Waals surface area contributed by atoms with Crippen LogP contribution >= 0.6 is 0 Å². The highest BCUT2D eigenvalue weighted by molar-refractivity contribution is 7.86. The van der Waals surface area contributed by atoms with Gasteiger partial charge in [-0.3, -0.25) is 4.18 Å². The zero-order valence-electron chi connectivity index (χ0n) is 11.7. The molecule has 1 aliphatic heterocycles. The number of carboxylic acid groups (broad SMARTS) is 1. The standard InChI is InChI=1S/C13H14F3NO5S/c14-13(15,16)9-1-3-11(4-2-9)23(20,21)22-10-5-7-17(8-6-10)12(18)19/h1-4,10H,5-8H2,(H,18,19)/p-1. The summed E-state index contributed by atoms with van der Waals surface area (Å²) in [4.78, 5) is 11.3. The van der Waals surface area contributed by atoms with Crippen LogP contribution in [0.2, 0.25) is 0 Å². The Morgan fingerprint density at radius 3 is 2.13 bits per heavy atom. The summed E-state index contributed by atoms with van der Waals surface area (Å²) in [5.74, 6) is 0. The molecular weight excluding hydrogens is 339 g/mol. The third kappa shape index (κ3) is 4.35. The Kier molecular flexibility index (Phi) is 4.85. The minimum absolute atomic E-state index is 0.0789. The number of hydrogen-bond donors (Lipinski definition) is 0. The van der Waals surface area contributed by atoms with E-state index in [1.165, 1.54) is 0 Å². The Hall–Kier alpha value is -1.81. The predicted molar refractivity (Wildman–Crippen MR) is 69.7 cm³/mol. The minimum Gasteiger partial charge on any atom is -0.530 e. The molecule has 0 spiro atoms. The Morgan fingerprint density at radius 2 is 1.70 bits per heavy atom. The van der Waals surface area contributed by atoms with Crippen molar-refractivity contribution in [1.82, 2.24) is 4.90 Å². The largest absolute Gasteiger partial charge is 0.530 e. The first-order chi connectivity index (χ1) is 10.6. The monoisotopic (exact) mass is 352 g/mol. The zero-order chi connectivity index (χ0) is 17.3. The molecule has 1 amide bonds. The zero-order valence-corrected chi connectivity index (χ0v) is 12.6. The summed E-state index contributed by atoms with van der Waals surface area (Å²) in [7, 11) is -4.21. The molecule has 1 fully saturated rings. The van der Waals surface area contributed by atoms with E-state index in [1.54, 1.807) is 0 Å².